The van der Waals surface area contributed by atoms with Gasteiger partial charge in [0.2, 0.25) is 5.91 Å². The first-order chi connectivity index (χ1) is 15.3. The summed E-state index contributed by atoms with van der Waals surface area (Å²) in [5, 5.41) is 6.32. The molecule has 0 radical (unpaired) electrons. The van der Waals surface area contributed by atoms with Gasteiger partial charge >= 0.3 is 0 Å². The van der Waals surface area contributed by atoms with E-state index in [1.54, 1.807) is 28.5 Å². The summed E-state index contributed by atoms with van der Waals surface area (Å²) >= 11 is 13.5. The number of carbonyl (C=O) groups excluding carboxylic acids is 1. The van der Waals surface area contributed by atoms with Crippen molar-refractivity contribution in [3.8, 4) is 0 Å². The van der Waals surface area contributed by atoms with E-state index in [-0.39, 0.29) is 19.7 Å². The Labute approximate surface area is 203 Å². The standard InChI is InChI=1S/C21H20Cl2N4O3S2.2H2/c22-17-3-1-2-14(19(17)23)8-10-24-18-9-12-27(20(18)28)15-4-6-16(7-5-15)32(29,30)26-21-25-11-13-31-21;;/h1-7,11,13,18,24H,8-10,12H2,(H,25,26);2*1H/t18-;;/m0../s1. The van der Waals surface area contributed by atoms with Crippen molar-refractivity contribution >= 4 is 61.3 Å². The molecule has 1 aromatic heterocycles. The van der Waals surface area contributed by atoms with Gasteiger partial charge in [-0.15, -0.1) is 11.3 Å². The molecule has 2 N–H and O–H groups in total. The molecule has 3 aromatic rings. The number of carbonyl (C=O) groups is 1. The van der Waals surface area contributed by atoms with Gasteiger partial charge in [0, 0.05) is 26.7 Å². The zero-order valence-electron chi connectivity index (χ0n) is 16.8. The first-order valence-electron chi connectivity index (χ1n) is 9.85. The third kappa shape index (κ3) is 5.07. The highest BCUT2D eigenvalue weighted by atomic mass is 35.5. The van der Waals surface area contributed by atoms with Crippen LogP contribution in [0.3, 0.4) is 0 Å². The van der Waals surface area contributed by atoms with E-state index in [1.807, 2.05) is 12.1 Å². The number of amides is 1. The van der Waals surface area contributed by atoms with Crippen LogP contribution >= 0.6 is 34.5 Å². The molecule has 0 unspecified atom stereocenters. The minimum absolute atomic E-state index is 0. The number of rotatable bonds is 8. The Hall–Kier alpha value is -2.17. The fraction of sp³-hybridized carbons (Fsp3) is 0.238. The summed E-state index contributed by atoms with van der Waals surface area (Å²) in [6, 6.07) is 11.5. The van der Waals surface area contributed by atoms with E-state index in [1.165, 1.54) is 29.7 Å². The second-order valence-corrected chi connectivity index (χ2v) is 10.5. The Bertz CT molecular complexity index is 1210. The molecule has 1 aliphatic rings. The van der Waals surface area contributed by atoms with E-state index in [9.17, 15) is 13.2 Å². The normalized spacial score (nSPS) is 16.5. The number of hydrogen-bond acceptors (Lipinski definition) is 6. The summed E-state index contributed by atoms with van der Waals surface area (Å²) < 4.78 is 27.4. The third-order valence-electron chi connectivity index (χ3n) is 5.13. The summed E-state index contributed by atoms with van der Waals surface area (Å²) in [7, 11) is -3.73. The maximum absolute atomic E-state index is 12.8. The molecule has 172 valence electrons. The van der Waals surface area contributed by atoms with Gasteiger partial charge in [-0.05, 0) is 55.3 Å². The smallest absolute Gasteiger partial charge is 0.263 e. The second kappa shape index (κ2) is 9.76. The Morgan fingerprint density at radius 1 is 1.19 bits per heavy atom. The number of thiazole rings is 1. The topological polar surface area (TPSA) is 91.4 Å². The molecule has 1 aliphatic heterocycles. The van der Waals surface area contributed by atoms with Gasteiger partial charge in [-0.1, -0.05) is 35.3 Å². The van der Waals surface area contributed by atoms with Gasteiger partial charge in [0.05, 0.1) is 21.0 Å². The Morgan fingerprint density at radius 3 is 2.69 bits per heavy atom. The van der Waals surface area contributed by atoms with Gasteiger partial charge in [0.15, 0.2) is 5.13 Å². The van der Waals surface area contributed by atoms with Gasteiger partial charge in [0.1, 0.15) is 0 Å². The molecule has 2 heterocycles. The van der Waals surface area contributed by atoms with E-state index in [4.69, 9.17) is 23.2 Å². The summed E-state index contributed by atoms with van der Waals surface area (Å²) in [6.07, 6.45) is 2.84. The van der Waals surface area contributed by atoms with Crippen molar-refractivity contribution < 1.29 is 16.1 Å². The molecule has 7 nitrogen and oxygen atoms in total. The van der Waals surface area contributed by atoms with Crippen molar-refractivity contribution in [2.45, 2.75) is 23.8 Å². The summed E-state index contributed by atoms with van der Waals surface area (Å²) in [4.78, 5) is 18.5. The maximum atomic E-state index is 12.8. The summed E-state index contributed by atoms with van der Waals surface area (Å²) in [6.45, 7) is 1.14. The lowest BCUT2D eigenvalue weighted by Crippen LogP contribution is -2.39. The minimum Gasteiger partial charge on any atom is -0.311 e. The van der Waals surface area contributed by atoms with Crippen LogP contribution in [0.5, 0.6) is 0 Å². The highest BCUT2D eigenvalue weighted by Gasteiger charge is 2.32. The van der Waals surface area contributed by atoms with Crippen molar-refractivity contribution in [2.24, 2.45) is 0 Å². The van der Waals surface area contributed by atoms with E-state index in [2.05, 4.69) is 15.0 Å². The lowest BCUT2D eigenvalue weighted by molar-refractivity contribution is -0.118. The molecule has 1 fully saturated rings. The van der Waals surface area contributed by atoms with Crippen LogP contribution in [0.2, 0.25) is 10.0 Å². The van der Waals surface area contributed by atoms with Gasteiger partial charge < -0.3 is 10.2 Å². The first-order valence-corrected chi connectivity index (χ1v) is 13.0. The van der Waals surface area contributed by atoms with E-state index >= 15 is 0 Å². The number of aromatic nitrogens is 1. The van der Waals surface area contributed by atoms with E-state index in [0.717, 1.165) is 5.56 Å². The molecular formula is C21H24Cl2N4O3S2. The monoisotopic (exact) mass is 514 g/mol. The molecule has 0 saturated carbocycles. The number of benzene rings is 2. The van der Waals surface area contributed by atoms with Crippen molar-refractivity contribution in [1.82, 2.24) is 10.3 Å². The van der Waals surface area contributed by atoms with Crippen molar-refractivity contribution in [1.29, 1.82) is 0 Å². The van der Waals surface area contributed by atoms with Crippen LogP contribution in [0.1, 0.15) is 14.8 Å². The number of anilines is 2. The lowest BCUT2D eigenvalue weighted by atomic mass is 10.1. The molecule has 1 amide bonds. The second-order valence-electron chi connectivity index (χ2n) is 7.18. The van der Waals surface area contributed by atoms with Crippen LogP contribution in [0, 0.1) is 0 Å². The highest BCUT2D eigenvalue weighted by Crippen LogP contribution is 2.27. The number of sulfonamides is 1. The van der Waals surface area contributed by atoms with Gasteiger partial charge in [-0.3, -0.25) is 9.52 Å². The van der Waals surface area contributed by atoms with Crippen molar-refractivity contribution in [2.75, 3.05) is 22.7 Å². The van der Waals surface area contributed by atoms with Crippen LogP contribution in [-0.4, -0.2) is 38.4 Å². The molecular weight excluding hydrogens is 491 g/mol. The number of nitrogens with zero attached hydrogens (tertiary/aromatic N) is 2. The molecule has 1 atom stereocenters. The molecule has 0 bridgehead atoms. The van der Waals surface area contributed by atoms with Crippen molar-refractivity contribution in [3.63, 3.8) is 0 Å². The SMILES string of the molecule is O=C1[C@@H](NCCc2cccc(Cl)c2Cl)CCN1c1ccc(S(=O)(=O)Nc2nccs2)cc1.[HH].[HH]. The maximum Gasteiger partial charge on any atom is 0.263 e. The number of halogens is 2. The molecule has 2 aromatic carbocycles. The molecule has 32 heavy (non-hydrogen) atoms. The van der Waals surface area contributed by atoms with Crippen molar-refractivity contribution in [3.05, 3.63) is 69.7 Å². The third-order valence-corrected chi connectivity index (χ3v) is 8.17. The van der Waals surface area contributed by atoms with Crippen LogP contribution in [0.4, 0.5) is 10.8 Å². The lowest BCUT2D eigenvalue weighted by Gasteiger charge is -2.18. The number of hydrogen-bond donors (Lipinski definition) is 2. The Balaban J connectivity index is 0.00000204. The van der Waals surface area contributed by atoms with Crippen LogP contribution < -0.4 is 14.9 Å². The summed E-state index contributed by atoms with van der Waals surface area (Å²) in [5.74, 6) is -0.0429. The molecule has 11 heteroatoms. The Kier molecular flexibility index (Phi) is 7.02. The average Bonchev–Trinajstić information content (AvgIpc) is 3.41. The highest BCUT2D eigenvalue weighted by molar-refractivity contribution is 7.93. The molecule has 0 aliphatic carbocycles. The molecule has 0 spiro atoms. The zero-order valence-corrected chi connectivity index (χ0v) is 19.9. The number of nitrogens with one attached hydrogen (secondary N) is 2. The van der Waals surface area contributed by atoms with Gasteiger partial charge in [-0.2, -0.15) is 0 Å². The van der Waals surface area contributed by atoms with Crippen LogP contribution in [0.25, 0.3) is 0 Å². The molecule has 4 rings (SSSR count). The Morgan fingerprint density at radius 2 is 1.97 bits per heavy atom. The first kappa shape index (κ1) is 23.0. The van der Waals surface area contributed by atoms with Gasteiger partial charge in [-0.25, -0.2) is 13.4 Å². The quantitative estimate of drug-likeness (QED) is 0.455. The fourth-order valence-electron chi connectivity index (χ4n) is 3.50. The fourth-order valence-corrected chi connectivity index (χ4v) is 5.70. The minimum atomic E-state index is -3.73. The summed E-state index contributed by atoms with van der Waals surface area (Å²) in [5.41, 5.74) is 1.59. The zero-order chi connectivity index (χ0) is 22.7. The van der Waals surface area contributed by atoms with E-state index in [0.29, 0.717) is 46.8 Å². The average molecular weight is 515 g/mol. The predicted octanol–water partition coefficient (Wildman–Crippen LogP) is 4.68. The predicted molar refractivity (Wildman–Crippen MR) is 133 cm³/mol. The van der Waals surface area contributed by atoms with E-state index < -0.39 is 10.0 Å². The van der Waals surface area contributed by atoms with Crippen LogP contribution in [0.15, 0.2) is 58.9 Å². The van der Waals surface area contributed by atoms with Gasteiger partial charge in [0.25, 0.3) is 10.0 Å². The molecule has 1 saturated heterocycles. The largest absolute Gasteiger partial charge is 0.311 e. The van der Waals surface area contributed by atoms with Crippen LogP contribution in [-0.2, 0) is 21.2 Å².